The fourth-order valence-electron chi connectivity index (χ4n) is 1.73. The van der Waals surface area contributed by atoms with Gasteiger partial charge in [-0.2, -0.15) is 0 Å². The van der Waals surface area contributed by atoms with Crippen LogP contribution in [0.1, 0.15) is 11.4 Å². The molecule has 0 aliphatic heterocycles. The van der Waals surface area contributed by atoms with E-state index in [0.29, 0.717) is 17.6 Å². The summed E-state index contributed by atoms with van der Waals surface area (Å²) in [6.07, 6.45) is 5.24. The maximum Gasteiger partial charge on any atom is 0.177 e. The van der Waals surface area contributed by atoms with Gasteiger partial charge in [-0.05, 0) is 22.5 Å². The second-order valence-corrected chi connectivity index (χ2v) is 5.21. The van der Waals surface area contributed by atoms with Gasteiger partial charge in [-0.25, -0.2) is 9.97 Å². The van der Waals surface area contributed by atoms with Crippen molar-refractivity contribution in [3.63, 3.8) is 0 Å². The lowest BCUT2D eigenvalue weighted by molar-refractivity contribution is 0.511. The normalized spacial score (nSPS) is 11.5. The topological polar surface area (TPSA) is 61.8 Å². The van der Waals surface area contributed by atoms with Crippen LogP contribution < -0.4 is 0 Å². The number of aromatic amines is 1. The van der Waals surface area contributed by atoms with E-state index in [1.807, 2.05) is 0 Å². The maximum absolute atomic E-state index is 9.79. The second-order valence-electron chi connectivity index (χ2n) is 4.07. The summed E-state index contributed by atoms with van der Waals surface area (Å²) < 4.78 is 0. The number of hydrogen-bond donors (Lipinski definition) is 2. The zero-order valence-electron chi connectivity index (χ0n) is 11.0. The van der Waals surface area contributed by atoms with Crippen LogP contribution in [0.15, 0.2) is 54.5 Å². The minimum absolute atomic E-state index is 0.122. The molecule has 0 bridgehead atoms. The highest BCUT2D eigenvalue weighted by molar-refractivity contribution is 8.05. The molecule has 0 unspecified atom stereocenters. The number of rotatable bonds is 6. The molecule has 0 aliphatic rings. The summed E-state index contributed by atoms with van der Waals surface area (Å²) in [5.74, 6) is 0.911. The molecule has 0 aromatic carbocycles. The van der Waals surface area contributed by atoms with Crippen molar-refractivity contribution < 1.29 is 5.11 Å². The molecule has 0 saturated heterocycles. The highest BCUT2D eigenvalue weighted by Gasteiger charge is 2.07. The molecule has 0 amide bonds. The van der Waals surface area contributed by atoms with Crippen LogP contribution in [0.5, 0.6) is 0 Å². The molecule has 0 aliphatic carbocycles. The van der Waals surface area contributed by atoms with Crippen LogP contribution in [-0.2, 0) is 6.42 Å². The van der Waals surface area contributed by atoms with Gasteiger partial charge in [0.05, 0.1) is 5.52 Å². The first-order valence-corrected chi connectivity index (χ1v) is 6.84. The molecule has 0 saturated carbocycles. The number of H-pyrrole nitrogens is 1. The first-order chi connectivity index (χ1) is 9.63. The molecule has 0 spiro atoms. The Hall–Kier alpha value is -2.27. The molecule has 20 heavy (non-hydrogen) atoms. The fraction of sp³-hybridized carbons (Fsp3) is 0.0667. The predicted molar refractivity (Wildman–Crippen MR) is 85.3 cm³/mol. The number of imidazole rings is 1. The quantitative estimate of drug-likeness (QED) is 0.622. The summed E-state index contributed by atoms with van der Waals surface area (Å²) in [5.41, 5.74) is 2.01. The van der Waals surface area contributed by atoms with Crippen molar-refractivity contribution in [2.45, 2.75) is 6.42 Å². The molecule has 5 heteroatoms. The smallest absolute Gasteiger partial charge is 0.177 e. The van der Waals surface area contributed by atoms with Gasteiger partial charge < -0.3 is 10.1 Å². The van der Waals surface area contributed by atoms with Gasteiger partial charge in [-0.3, -0.25) is 0 Å². The van der Waals surface area contributed by atoms with Gasteiger partial charge in [-0.15, -0.1) is 11.8 Å². The van der Waals surface area contributed by atoms with Gasteiger partial charge >= 0.3 is 0 Å². The third-order valence-corrected chi connectivity index (χ3v) is 3.22. The van der Waals surface area contributed by atoms with Crippen LogP contribution in [0.25, 0.3) is 16.9 Å². The molecular weight excluding hydrogens is 270 g/mol. The van der Waals surface area contributed by atoms with Crippen molar-refractivity contribution in [1.82, 2.24) is 15.0 Å². The van der Waals surface area contributed by atoms with Crippen molar-refractivity contribution in [3.05, 3.63) is 65.9 Å². The number of allylic oxidation sites excluding steroid dienone is 3. The Labute approximate surface area is 121 Å². The fourth-order valence-corrected chi connectivity index (χ4v) is 2.18. The highest BCUT2D eigenvalue weighted by atomic mass is 32.2. The Kier molecular flexibility index (Phi) is 4.42. The largest absolute Gasteiger partial charge is 0.507 e. The number of aliphatic hydroxyl groups is 1. The van der Waals surface area contributed by atoms with Gasteiger partial charge in [0.25, 0.3) is 0 Å². The van der Waals surface area contributed by atoms with Crippen molar-refractivity contribution in [3.8, 4) is 0 Å². The minimum Gasteiger partial charge on any atom is -0.507 e. The van der Waals surface area contributed by atoms with Gasteiger partial charge in [0.2, 0.25) is 0 Å². The molecule has 102 valence electrons. The predicted octanol–water partition coefficient (Wildman–Crippen LogP) is 3.98. The van der Waals surface area contributed by atoms with Gasteiger partial charge in [0.1, 0.15) is 11.6 Å². The van der Waals surface area contributed by atoms with Gasteiger partial charge in [-0.1, -0.05) is 25.8 Å². The molecule has 4 nitrogen and oxygen atoms in total. The SMILES string of the molecule is C=C/C=C(\O)c1cnc2nc(CC(=C)SC=C)[nH]c2c1. The maximum atomic E-state index is 9.79. The van der Waals surface area contributed by atoms with Gasteiger partial charge in [0, 0.05) is 18.2 Å². The van der Waals surface area contributed by atoms with Crippen molar-refractivity contribution >= 4 is 28.7 Å². The molecule has 2 N–H and O–H groups in total. The zero-order valence-corrected chi connectivity index (χ0v) is 11.8. The van der Waals surface area contributed by atoms with E-state index < -0.39 is 0 Å². The summed E-state index contributed by atoms with van der Waals surface area (Å²) in [4.78, 5) is 12.7. The first kappa shape index (κ1) is 14.1. The Bertz CT molecular complexity index is 700. The monoisotopic (exact) mass is 285 g/mol. The van der Waals surface area contributed by atoms with E-state index in [2.05, 4.69) is 34.7 Å². The third-order valence-electron chi connectivity index (χ3n) is 2.57. The van der Waals surface area contributed by atoms with Gasteiger partial charge in [0.15, 0.2) is 5.65 Å². The molecule has 2 aromatic heterocycles. The van der Waals surface area contributed by atoms with Crippen molar-refractivity contribution in [2.75, 3.05) is 0 Å². The lowest BCUT2D eigenvalue weighted by atomic mass is 10.2. The average Bonchev–Trinajstić information content (AvgIpc) is 2.80. The Morgan fingerprint density at radius 2 is 2.25 bits per heavy atom. The van der Waals surface area contributed by atoms with E-state index in [0.717, 1.165) is 16.2 Å². The van der Waals surface area contributed by atoms with E-state index in [1.54, 1.807) is 17.7 Å². The lowest BCUT2D eigenvalue weighted by Crippen LogP contribution is -1.87. The summed E-state index contributed by atoms with van der Waals surface area (Å²) in [5, 5.41) is 11.5. The number of hydrogen-bond acceptors (Lipinski definition) is 4. The third kappa shape index (κ3) is 3.19. The summed E-state index contributed by atoms with van der Waals surface area (Å²) >= 11 is 1.48. The molecule has 2 heterocycles. The van der Waals surface area contributed by atoms with E-state index in [-0.39, 0.29) is 5.76 Å². The Morgan fingerprint density at radius 1 is 1.45 bits per heavy atom. The van der Waals surface area contributed by atoms with Crippen LogP contribution in [0.4, 0.5) is 0 Å². The molecule has 0 fully saturated rings. The number of fused-ring (bicyclic) bond motifs is 1. The van der Waals surface area contributed by atoms with Crippen molar-refractivity contribution in [1.29, 1.82) is 0 Å². The zero-order chi connectivity index (χ0) is 14.5. The van der Waals surface area contributed by atoms with E-state index >= 15 is 0 Å². The van der Waals surface area contributed by atoms with Crippen LogP contribution in [0.3, 0.4) is 0 Å². The molecule has 0 radical (unpaired) electrons. The molecule has 0 atom stereocenters. The van der Waals surface area contributed by atoms with Crippen LogP contribution in [0.2, 0.25) is 0 Å². The number of pyridine rings is 1. The number of nitrogens with zero attached hydrogens (tertiary/aromatic N) is 2. The standard InChI is InChI=1S/C15H15N3OS/c1-4-6-13(19)11-8-12-15(16-9-11)18-14(17-12)7-10(3)20-5-2/h4-6,8-9,19H,1-3,7H2,(H,16,17,18)/b13-6-. The lowest BCUT2D eigenvalue weighted by Gasteiger charge is -1.98. The number of aromatic nitrogens is 3. The van der Waals surface area contributed by atoms with Crippen molar-refractivity contribution in [2.24, 2.45) is 0 Å². The average molecular weight is 285 g/mol. The Morgan fingerprint density at radius 3 is 2.95 bits per heavy atom. The highest BCUT2D eigenvalue weighted by Crippen LogP contribution is 2.20. The van der Waals surface area contributed by atoms with E-state index in [9.17, 15) is 5.11 Å². The Balaban J connectivity index is 2.30. The minimum atomic E-state index is 0.122. The summed E-state index contributed by atoms with van der Waals surface area (Å²) in [7, 11) is 0. The second kappa shape index (κ2) is 6.25. The number of thioether (sulfide) groups is 1. The molecule has 2 rings (SSSR count). The van der Waals surface area contributed by atoms with E-state index in [4.69, 9.17) is 0 Å². The molecule has 2 aromatic rings. The first-order valence-electron chi connectivity index (χ1n) is 5.96. The number of nitrogens with one attached hydrogen (secondary N) is 1. The van der Waals surface area contributed by atoms with Crippen LogP contribution >= 0.6 is 11.8 Å². The summed E-state index contributed by atoms with van der Waals surface area (Å²) in [6.45, 7) is 11.1. The molecular formula is C15H15N3OS. The summed E-state index contributed by atoms with van der Waals surface area (Å²) in [6, 6.07) is 1.80. The number of aliphatic hydroxyl groups excluding tert-OH is 1. The van der Waals surface area contributed by atoms with E-state index in [1.165, 1.54) is 23.9 Å². The van der Waals surface area contributed by atoms with Crippen LogP contribution in [-0.4, -0.2) is 20.1 Å². The van der Waals surface area contributed by atoms with Crippen LogP contribution in [0, 0.1) is 0 Å².